The molecule has 0 atom stereocenters. The van der Waals surface area contributed by atoms with Gasteiger partial charge in [0.25, 0.3) is 0 Å². The number of hydrogen-bond donors (Lipinski definition) is 0. The standard InChI is InChI=1S/C22H26ClFN2O2S/c23-20-3-1-2-4-21(20)29(27,28)26-15-11-22(12-16-26)10-14-25(17-22)13-9-18-5-7-19(24)8-6-18/h1-8H,9-17H2. The van der Waals surface area contributed by atoms with Crippen LogP contribution in [0.4, 0.5) is 4.39 Å². The van der Waals surface area contributed by atoms with Gasteiger partial charge < -0.3 is 4.90 Å². The Morgan fingerprint density at radius 1 is 0.966 bits per heavy atom. The van der Waals surface area contributed by atoms with Crippen LogP contribution in [0, 0.1) is 11.2 Å². The van der Waals surface area contributed by atoms with Gasteiger partial charge in [-0.05, 0) is 67.5 Å². The summed E-state index contributed by atoms with van der Waals surface area (Å²) in [5, 5.41) is 0.278. The summed E-state index contributed by atoms with van der Waals surface area (Å²) >= 11 is 6.13. The number of likely N-dealkylation sites (tertiary alicyclic amines) is 1. The second-order valence-corrected chi connectivity index (χ2v) is 10.6. The van der Waals surface area contributed by atoms with E-state index in [1.54, 1.807) is 28.6 Å². The molecule has 2 aliphatic heterocycles. The number of hydrogen-bond acceptors (Lipinski definition) is 3. The lowest BCUT2D eigenvalue weighted by Crippen LogP contribution is -2.44. The van der Waals surface area contributed by atoms with E-state index in [0.29, 0.717) is 13.1 Å². The van der Waals surface area contributed by atoms with Crippen molar-refractivity contribution in [3.8, 4) is 0 Å². The summed E-state index contributed by atoms with van der Waals surface area (Å²) in [7, 11) is -3.55. The Morgan fingerprint density at radius 3 is 2.31 bits per heavy atom. The highest BCUT2D eigenvalue weighted by atomic mass is 35.5. The molecule has 4 nitrogen and oxygen atoms in total. The van der Waals surface area contributed by atoms with E-state index < -0.39 is 10.0 Å². The average molecular weight is 437 g/mol. The molecule has 2 saturated heterocycles. The van der Waals surface area contributed by atoms with E-state index in [2.05, 4.69) is 4.90 Å². The molecule has 0 amide bonds. The summed E-state index contributed by atoms with van der Waals surface area (Å²) in [5.41, 5.74) is 1.35. The van der Waals surface area contributed by atoms with E-state index in [1.165, 1.54) is 12.1 Å². The van der Waals surface area contributed by atoms with Crippen molar-refractivity contribution in [1.82, 2.24) is 9.21 Å². The summed E-state index contributed by atoms with van der Waals surface area (Å²) in [6, 6.07) is 13.4. The molecule has 2 heterocycles. The molecule has 2 aromatic carbocycles. The Hall–Kier alpha value is -1.47. The second-order valence-electron chi connectivity index (χ2n) is 8.24. The molecule has 7 heteroatoms. The van der Waals surface area contributed by atoms with Crippen LogP contribution in [0.1, 0.15) is 24.8 Å². The maximum absolute atomic E-state index is 13.0. The van der Waals surface area contributed by atoms with Gasteiger partial charge in [-0.2, -0.15) is 4.31 Å². The zero-order chi connectivity index (χ0) is 20.5. The third-order valence-electron chi connectivity index (χ3n) is 6.38. The number of piperidine rings is 1. The van der Waals surface area contributed by atoms with Gasteiger partial charge in [0.1, 0.15) is 10.7 Å². The lowest BCUT2D eigenvalue weighted by atomic mass is 9.78. The Morgan fingerprint density at radius 2 is 1.62 bits per heavy atom. The first-order valence-corrected chi connectivity index (χ1v) is 11.9. The van der Waals surface area contributed by atoms with Crippen LogP contribution in [0.3, 0.4) is 0 Å². The number of halogens is 2. The van der Waals surface area contributed by atoms with Crippen LogP contribution in [-0.4, -0.2) is 50.3 Å². The lowest BCUT2D eigenvalue weighted by molar-refractivity contribution is 0.155. The average Bonchev–Trinajstić information content (AvgIpc) is 3.10. The van der Waals surface area contributed by atoms with Crippen LogP contribution >= 0.6 is 11.6 Å². The lowest BCUT2D eigenvalue weighted by Gasteiger charge is -2.38. The van der Waals surface area contributed by atoms with Crippen LogP contribution < -0.4 is 0 Å². The van der Waals surface area contributed by atoms with Crippen molar-refractivity contribution in [2.75, 3.05) is 32.7 Å². The Kier molecular flexibility index (Phi) is 5.98. The molecule has 0 unspecified atom stereocenters. The topological polar surface area (TPSA) is 40.6 Å². The quantitative estimate of drug-likeness (QED) is 0.705. The summed E-state index contributed by atoms with van der Waals surface area (Å²) < 4.78 is 40.6. The molecule has 0 radical (unpaired) electrons. The van der Waals surface area contributed by atoms with E-state index in [0.717, 1.165) is 50.9 Å². The van der Waals surface area contributed by atoms with Crippen LogP contribution in [0.25, 0.3) is 0 Å². The van der Waals surface area contributed by atoms with Gasteiger partial charge in [-0.25, -0.2) is 12.8 Å². The highest BCUT2D eigenvalue weighted by Gasteiger charge is 2.42. The van der Waals surface area contributed by atoms with Gasteiger partial charge in [0.05, 0.1) is 5.02 Å². The van der Waals surface area contributed by atoms with Crippen molar-refractivity contribution in [2.45, 2.75) is 30.6 Å². The summed E-state index contributed by atoms with van der Waals surface area (Å²) in [6.45, 7) is 4.08. The minimum Gasteiger partial charge on any atom is -0.302 e. The molecular formula is C22H26ClFN2O2S. The Bertz CT molecular complexity index is 957. The van der Waals surface area contributed by atoms with Crippen molar-refractivity contribution >= 4 is 21.6 Å². The minimum absolute atomic E-state index is 0.199. The van der Waals surface area contributed by atoms with Gasteiger partial charge in [-0.1, -0.05) is 35.9 Å². The van der Waals surface area contributed by atoms with Crippen molar-refractivity contribution in [2.24, 2.45) is 5.41 Å². The fourth-order valence-corrected chi connectivity index (χ4v) is 6.49. The van der Waals surface area contributed by atoms with Gasteiger partial charge in [-0.3, -0.25) is 0 Å². The van der Waals surface area contributed by atoms with Crippen molar-refractivity contribution in [1.29, 1.82) is 0 Å². The van der Waals surface area contributed by atoms with Crippen molar-refractivity contribution in [3.63, 3.8) is 0 Å². The molecule has 29 heavy (non-hydrogen) atoms. The van der Waals surface area contributed by atoms with E-state index in [4.69, 9.17) is 11.6 Å². The molecule has 0 bridgehead atoms. The second kappa shape index (κ2) is 8.34. The molecule has 1 spiro atoms. The highest BCUT2D eigenvalue weighted by molar-refractivity contribution is 7.89. The summed E-state index contributed by atoms with van der Waals surface area (Å²) in [5.74, 6) is -0.202. The Balaban J connectivity index is 1.33. The molecule has 2 aromatic rings. The monoisotopic (exact) mass is 436 g/mol. The first-order valence-electron chi connectivity index (χ1n) is 10.1. The third kappa shape index (κ3) is 4.50. The molecule has 2 fully saturated rings. The van der Waals surface area contributed by atoms with Gasteiger partial charge in [0.2, 0.25) is 10.0 Å². The van der Waals surface area contributed by atoms with Crippen LogP contribution in [0.15, 0.2) is 53.4 Å². The number of rotatable bonds is 5. The predicted octanol–water partition coefficient (Wildman–Crippen LogP) is 4.20. The molecule has 4 rings (SSSR count). The fourth-order valence-electron chi connectivity index (χ4n) is 4.56. The number of nitrogens with zero attached hydrogens (tertiary/aromatic N) is 2. The number of sulfonamides is 1. The molecule has 0 aliphatic carbocycles. The van der Waals surface area contributed by atoms with Gasteiger partial charge in [0.15, 0.2) is 0 Å². The van der Waals surface area contributed by atoms with Gasteiger partial charge >= 0.3 is 0 Å². The maximum Gasteiger partial charge on any atom is 0.244 e. The van der Waals surface area contributed by atoms with Crippen molar-refractivity contribution < 1.29 is 12.8 Å². The zero-order valence-electron chi connectivity index (χ0n) is 16.4. The molecular weight excluding hydrogens is 411 g/mol. The fraction of sp³-hybridized carbons (Fsp3) is 0.455. The van der Waals surface area contributed by atoms with E-state index >= 15 is 0 Å². The van der Waals surface area contributed by atoms with Crippen LogP contribution in [0.5, 0.6) is 0 Å². The molecule has 2 aliphatic rings. The van der Waals surface area contributed by atoms with E-state index in [9.17, 15) is 12.8 Å². The summed E-state index contributed by atoms with van der Waals surface area (Å²) in [4.78, 5) is 2.66. The Labute approximate surface area is 177 Å². The molecule has 0 saturated carbocycles. The third-order valence-corrected chi connectivity index (χ3v) is 8.78. The molecule has 0 N–H and O–H groups in total. The van der Waals surface area contributed by atoms with E-state index in [-0.39, 0.29) is 21.2 Å². The van der Waals surface area contributed by atoms with Crippen LogP contribution in [0.2, 0.25) is 5.02 Å². The van der Waals surface area contributed by atoms with Gasteiger partial charge in [-0.15, -0.1) is 0 Å². The van der Waals surface area contributed by atoms with Gasteiger partial charge in [0, 0.05) is 26.2 Å². The largest absolute Gasteiger partial charge is 0.302 e. The van der Waals surface area contributed by atoms with Crippen LogP contribution in [-0.2, 0) is 16.4 Å². The van der Waals surface area contributed by atoms with Crippen molar-refractivity contribution in [3.05, 3.63) is 64.9 Å². The first kappa shape index (κ1) is 20.8. The smallest absolute Gasteiger partial charge is 0.244 e. The maximum atomic E-state index is 13.0. The zero-order valence-corrected chi connectivity index (χ0v) is 17.9. The molecule has 0 aromatic heterocycles. The molecule has 156 valence electrons. The number of benzene rings is 2. The van der Waals surface area contributed by atoms with E-state index in [1.807, 2.05) is 12.1 Å². The first-order chi connectivity index (χ1) is 13.9. The minimum atomic E-state index is -3.55. The predicted molar refractivity (Wildman–Crippen MR) is 113 cm³/mol. The highest BCUT2D eigenvalue weighted by Crippen LogP contribution is 2.41. The SMILES string of the molecule is O=S(=O)(c1ccccc1Cl)N1CCC2(CCN(CCc3ccc(F)cc3)C2)CC1. The summed E-state index contributed by atoms with van der Waals surface area (Å²) in [6.07, 6.45) is 3.77. The normalized spacial score (nSPS) is 20.3.